The second-order valence-corrected chi connectivity index (χ2v) is 7.64. The van der Waals surface area contributed by atoms with E-state index in [0.29, 0.717) is 18.7 Å². The number of carbonyl (C=O) groups is 1. The summed E-state index contributed by atoms with van der Waals surface area (Å²) in [6.45, 7) is 7.89. The minimum Gasteiger partial charge on any atom is -0.496 e. The molecule has 1 heterocycles. The summed E-state index contributed by atoms with van der Waals surface area (Å²) in [5.41, 5.74) is 6.56. The van der Waals surface area contributed by atoms with Gasteiger partial charge in [-0.25, -0.2) is 4.79 Å². The molecule has 158 valence electrons. The lowest BCUT2D eigenvalue weighted by molar-refractivity contribution is 0.0694. The number of para-hydroxylation sites is 1. The largest absolute Gasteiger partial charge is 0.496 e. The number of aromatic nitrogens is 1. The van der Waals surface area contributed by atoms with Crippen molar-refractivity contribution in [1.29, 1.82) is 0 Å². The van der Waals surface area contributed by atoms with Crippen LogP contribution in [-0.4, -0.2) is 29.3 Å². The maximum absolute atomic E-state index is 12.0. The van der Waals surface area contributed by atoms with Gasteiger partial charge in [0.05, 0.1) is 12.7 Å². The Kier molecular flexibility index (Phi) is 6.95. The molecule has 2 aromatic carbocycles. The molecule has 0 aliphatic rings. The van der Waals surface area contributed by atoms with Gasteiger partial charge in [-0.2, -0.15) is 0 Å². The summed E-state index contributed by atoms with van der Waals surface area (Å²) in [5.74, 6) is 0.00183. The Morgan fingerprint density at radius 3 is 2.53 bits per heavy atom. The van der Waals surface area contributed by atoms with Crippen molar-refractivity contribution in [1.82, 2.24) is 9.88 Å². The van der Waals surface area contributed by atoms with Gasteiger partial charge in [0.15, 0.2) is 0 Å². The van der Waals surface area contributed by atoms with Crippen LogP contribution in [0.4, 0.5) is 0 Å². The highest BCUT2D eigenvalue weighted by Crippen LogP contribution is 2.24. The van der Waals surface area contributed by atoms with E-state index in [2.05, 4.69) is 41.1 Å². The molecule has 0 saturated carbocycles. The number of nitrogens with zero attached hydrogens (tertiary/aromatic N) is 1. The molecule has 0 aliphatic heterocycles. The number of aromatic carboxylic acids is 1. The number of hydrogen-bond acceptors (Lipinski definition) is 3. The first-order valence-corrected chi connectivity index (χ1v) is 10.2. The van der Waals surface area contributed by atoms with Gasteiger partial charge in [-0.3, -0.25) is 0 Å². The maximum atomic E-state index is 12.0. The summed E-state index contributed by atoms with van der Waals surface area (Å²) in [4.78, 5) is 12.0. The Labute approximate surface area is 178 Å². The van der Waals surface area contributed by atoms with E-state index >= 15 is 0 Å². The zero-order chi connectivity index (χ0) is 21.7. The molecule has 0 spiro atoms. The highest BCUT2D eigenvalue weighted by molar-refractivity contribution is 5.91. The zero-order valence-corrected chi connectivity index (χ0v) is 18.2. The van der Waals surface area contributed by atoms with E-state index in [4.69, 9.17) is 4.74 Å². The molecule has 2 N–H and O–H groups in total. The van der Waals surface area contributed by atoms with Gasteiger partial charge >= 0.3 is 5.97 Å². The van der Waals surface area contributed by atoms with Gasteiger partial charge in [0.1, 0.15) is 5.75 Å². The summed E-state index contributed by atoms with van der Waals surface area (Å²) in [5, 5.41) is 13.3. The quantitative estimate of drug-likeness (QED) is 0.514. The average molecular weight is 407 g/mol. The van der Waals surface area contributed by atoms with E-state index < -0.39 is 5.97 Å². The number of nitrogens with one attached hydrogen (secondary N) is 1. The third kappa shape index (κ3) is 4.74. The molecule has 0 unspecified atom stereocenters. The van der Waals surface area contributed by atoms with E-state index in [1.807, 2.05) is 38.1 Å². The zero-order valence-electron chi connectivity index (χ0n) is 18.2. The first-order valence-electron chi connectivity index (χ1n) is 10.2. The molecule has 0 radical (unpaired) electrons. The molecule has 3 aromatic rings. The first kappa shape index (κ1) is 21.7. The third-order valence-electron chi connectivity index (χ3n) is 5.61. The van der Waals surface area contributed by atoms with Crippen LogP contribution in [-0.2, 0) is 19.5 Å². The van der Waals surface area contributed by atoms with Gasteiger partial charge < -0.3 is 19.7 Å². The third-order valence-corrected chi connectivity index (χ3v) is 5.61. The van der Waals surface area contributed by atoms with Crippen LogP contribution in [0.2, 0.25) is 0 Å². The standard InChI is InChI=1S/C25H30N2O3/c1-17-8-7-9-20(14-17)16-27-18(2)22(24(19(27)3)25(28)29)15-26-13-12-21-10-5-6-11-23(21)30-4/h5-11,14,26H,12-13,15-16H2,1-4H3,(H,28,29). The fraction of sp³-hybridized carbons (Fsp3) is 0.320. The minimum absolute atomic E-state index is 0.407. The average Bonchev–Trinajstić information content (AvgIpc) is 2.96. The molecule has 0 saturated heterocycles. The van der Waals surface area contributed by atoms with Crippen molar-refractivity contribution in [2.45, 2.75) is 40.3 Å². The summed E-state index contributed by atoms with van der Waals surface area (Å²) in [6, 6.07) is 16.3. The van der Waals surface area contributed by atoms with Crippen molar-refractivity contribution in [3.05, 3.63) is 87.7 Å². The molecule has 0 amide bonds. The molecule has 0 aliphatic carbocycles. The minimum atomic E-state index is -0.875. The Morgan fingerprint density at radius 1 is 1.07 bits per heavy atom. The van der Waals surface area contributed by atoms with Crippen LogP contribution in [0.1, 0.15) is 44.0 Å². The molecule has 0 atom stereocenters. The second kappa shape index (κ2) is 9.63. The van der Waals surface area contributed by atoms with Crippen LogP contribution in [0.15, 0.2) is 48.5 Å². The van der Waals surface area contributed by atoms with Gasteiger partial charge in [0, 0.05) is 30.0 Å². The number of aryl methyl sites for hydroxylation is 1. The first-order chi connectivity index (χ1) is 14.4. The number of benzene rings is 2. The molecule has 0 fully saturated rings. The molecular formula is C25H30N2O3. The summed E-state index contributed by atoms with van der Waals surface area (Å²) in [7, 11) is 1.68. The molecule has 0 bridgehead atoms. The number of carboxylic acid groups (broad SMARTS) is 1. The lowest BCUT2D eigenvalue weighted by Gasteiger charge is -2.11. The fourth-order valence-electron chi connectivity index (χ4n) is 4.03. The van der Waals surface area contributed by atoms with Crippen molar-refractivity contribution in [2.75, 3.05) is 13.7 Å². The Morgan fingerprint density at radius 2 is 1.83 bits per heavy atom. The molecule has 5 nitrogen and oxygen atoms in total. The van der Waals surface area contributed by atoms with Crippen LogP contribution >= 0.6 is 0 Å². The highest BCUT2D eigenvalue weighted by atomic mass is 16.5. The van der Waals surface area contributed by atoms with Crippen molar-refractivity contribution in [3.8, 4) is 5.75 Å². The number of carboxylic acids is 1. The van der Waals surface area contributed by atoms with Crippen molar-refractivity contribution in [3.63, 3.8) is 0 Å². The molecular weight excluding hydrogens is 376 g/mol. The van der Waals surface area contributed by atoms with Crippen LogP contribution < -0.4 is 10.1 Å². The number of methoxy groups -OCH3 is 1. The number of rotatable bonds is 9. The fourth-order valence-corrected chi connectivity index (χ4v) is 4.03. The van der Waals surface area contributed by atoms with Gasteiger partial charge in [-0.15, -0.1) is 0 Å². The lowest BCUT2D eigenvalue weighted by Crippen LogP contribution is -2.19. The summed E-state index contributed by atoms with van der Waals surface area (Å²) < 4.78 is 7.51. The second-order valence-electron chi connectivity index (χ2n) is 7.64. The molecule has 5 heteroatoms. The lowest BCUT2D eigenvalue weighted by atomic mass is 10.1. The van der Waals surface area contributed by atoms with Crippen LogP contribution in [0, 0.1) is 20.8 Å². The Bertz CT molecular complexity index is 1040. The normalized spacial score (nSPS) is 10.9. The van der Waals surface area contributed by atoms with E-state index in [0.717, 1.165) is 41.2 Å². The molecule has 1 aromatic heterocycles. The van der Waals surface area contributed by atoms with Crippen LogP contribution in [0.5, 0.6) is 5.75 Å². The smallest absolute Gasteiger partial charge is 0.337 e. The SMILES string of the molecule is COc1ccccc1CCNCc1c(C(=O)O)c(C)n(Cc2cccc(C)c2)c1C. The van der Waals surface area contributed by atoms with E-state index in [1.165, 1.54) is 11.1 Å². The maximum Gasteiger partial charge on any atom is 0.337 e. The predicted octanol–water partition coefficient (Wildman–Crippen LogP) is 4.50. The Hall–Kier alpha value is -3.05. The predicted molar refractivity (Wildman–Crippen MR) is 120 cm³/mol. The van der Waals surface area contributed by atoms with E-state index in [-0.39, 0.29) is 0 Å². The Balaban J connectivity index is 1.76. The highest BCUT2D eigenvalue weighted by Gasteiger charge is 2.22. The topological polar surface area (TPSA) is 63.5 Å². The summed E-state index contributed by atoms with van der Waals surface area (Å²) >= 11 is 0. The van der Waals surface area contributed by atoms with Gasteiger partial charge in [-0.05, 0) is 50.9 Å². The van der Waals surface area contributed by atoms with Crippen LogP contribution in [0.3, 0.4) is 0 Å². The summed E-state index contributed by atoms with van der Waals surface area (Å²) in [6.07, 6.45) is 0.814. The van der Waals surface area contributed by atoms with Crippen LogP contribution in [0.25, 0.3) is 0 Å². The van der Waals surface area contributed by atoms with Crippen molar-refractivity contribution < 1.29 is 14.6 Å². The van der Waals surface area contributed by atoms with Gasteiger partial charge in [-0.1, -0.05) is 48.0 Å². The van der Waals surface area contributed by atoms with Crippen molar-refractivity contribution in [2.24, 2.45) is 0 Å². The van der Waals surface area contributed by atoms with Crippen molar-refractivity contribution >= 4 is 5.97 Å². The van der Waals surface area contributed by atoms with Gasteiger partial charge in [0.2, 0.25) is 0 Å². The molecule has 30 heavy (non-hydrogen) atoms. The van der Waals surface area contributed by atoms with E-state index in [9.17, 15) is 9.90 Å². The monoisotopic (exact) mass is 406 g/mol. The molecule has 3 rings (SSSR count). The van der Waals surface area contributed by atoms with Gasteiger partial charge in [0.25, 0.3) is 0 Å². The number of ether oxygens (including phenoxy) is 1. The number of hydrogen-bond donors (Lipinski definition) is 2. The van der Waals surface area contributed by atoms with E-state index in [1.54, 1.807) is 7.11 Å².